The number of aromatic hydroxyl groups is 1. The zero-order valence-electron chi connectivity index (χ0n) is 10.1. The van der Waals surface area contributed by atoms with Crippen molar-refractivity contribution in [1.29, 1.82) is 0 Å². The van der Waals surface area contributed by atoms with Crippen molar-refractivity contribution in [3.8, 4) is 11.5 Å². The second-order valence-corrected chi connectivity index (χ2v) is 6.15. The van der Waals surface area contributed by atoms with Gasteiger partial charge in [0.1, 0.15) is 5.75 Å². The van der Waals surface area contributed by atoms with Crippen LogP contribution in [0.25, 0.3) is 10.8 Å². The fraction of sp³-hybridized carbons (Fsp3) is 0.0909. The summed E-state index contributed by atoms with van der Waals surface area (Å²) in [4.78, 5) is 0. The molecule has 0 bridgehead atoms. The number of benzene rings is 2. The maximum absolute atomic E-state index is 12.3. The normalized spacial score (nSPS) is 12.0. The molecule has 2 aromatic carbocycles. The van der Waals surface area contributed by atoms with Crippen LogP contribution < -0.4 is 4.18 Å². The van der Waals surface area contributed by atoms with Gasteiger partial charge in [-0.05, 0) is 24.3 Å². The Morgan fingerprint density at radius 2 is 1.50 bits per heavy atom. The molecule has 22 heavy (non-hydrogen) atoms. The van der Waals surface area contributed by atoms with E-state index >= 15 is 0 Å². The second-order valence-electron chi connectivity index (χ2n) is 3.85. The van der Waals surface area contributed by atoms with E-state index < -0.39 is 21.4 Å². The predicted octanol–water partition coefficient (Wildman–Crippen LogP) is 4.08. The summed E-state index contributed by atoms with van der Waals surface area (Å²) in [6.45, 7) is 0. The minimum Gasteiger partial charge on any atom is -0.506 e. The molecule has 0 unspecified atom stereocenters. The van der Waals surface area contributed by atoms with E-state index in [-0.39, 0.29) is 47.6 Å². The Kier molecular flexibility index (Phi) is 5.66. The van der Waals surface area contributed by atoms with Crippen LogP contribution in [0, 0.1) is 0 Å². The van der Waals surface area contributed by atoms with Gasteiger partial charge in [-0.2, -0.15) is 21.6 Å². The van der Waals surface area contributed by atoms with Crippen LogP contribution in [0.4, 0.5) is 13.2 Å². The Labute approximate surface area is 147 Å². The van der Waals surface area contributed by atoms with E-state index in [2.05, 4.69) is 4.18 Å². The number of rotatable bonds is 2. The first-order valence-corrected chi connectivity index (χ1v) is 7.31. The van der Waals surface area contributed by atoms with Gasteiger partial charge in [-0.15, -0.1) is 0 Å². The molecular formula is C11H5Cl2F3O4PtS. The first-order chi connectivity index (χ1) is 9.54. The van der Waals surface area contributed by atoms with Crippen molar-refractivity contribution in [2.75, 3.05) is 0 Å². The molecule has 0 heterocycles. The van der Waals surface area contributed by atoms with Crippen LogP contribution in [0.2, 0.25) is 10.0 Å². The first-order valence-electron chi connectivity index (χ1n) is 5.15. The minimum absolute atomic E-state index is 0. The van der Waals surface area contributed by atoms with Gasteiger partial charge in [0, 0.05) is 31.8 Å². The summed E-state index contributed by atoms with van der Waals surface area (Å²) in [5, 5.41) is 9.35. The molecule has 2 rings (SSSR count). The molecule has 0 saturated carbocycles. The summed E-state index contributed by atoms with van der Waals surface area (Å²) in [7, 11) is -5.83. The molecule has 0 radical (unpaired) electrons. The van der Waals surface area contributed by atoms with Crippen LogP contribution in [0.1, 0.15) is 0 Å². The average molecular weight is 556 g/mol. The Morgan fingerprint density at radius 3 is 2.05 bits per heavy atom. The zero-order chi connectivity index (χ0) is 16.0. The number of halogens is 5. The summed E-state index contributed by atoms with van der Waals surface area (Å²) in [5.74, 6) is -0.944. The Morgan fingerprint density at radius 1 is 1.00 bits per heavy atom. The van der Waals surface area contributed by atoms with Gasteiger partial charge in [-0.3, -0.25) is 0 Å². The van der Waals surface area contributed by atoms with Gasteiger partial charge >= 0.3 is 15.6 Å². The summed E-state index contributed by atoms with van der Waals surface area (Å²) in [5.41, 5.74) is -5.57. The molecule has 0 amide bonds. The Balaban J connectivity index is 0.00000242. The third-order valence-corrected chi connectivity index (χ3v) is 4.25. The standard InChI is InChI=1S/C11H5Cl2F3O4S.Pt/c12-9-5-2-4-8(20-21(18,19)11(14,15)16)10(13)6(5)1-3-7(9)17;/h1-4,17H;. The third kappa shape index (κ3) is 3.45. The SMILES string of the molecule is O=S(=O)(Oc1ccc2c(Cl)c(O)ccc2c1Cl)C(F)(F)F.[Pt]. The Hall–Kier alpha value is -0.692. The monoisotopic (exact) mass is 555 g/mol. The van der Waals surface area contributed by atoms with Crippen LogP contribution in [-0.2, 0) is 31.2 Å². The van der Waals surface area contributed by atoms with Crippen molar-refractivity contribution in [3.05, 3.63) is 34.3 Å². The van der Waals surface area contributed by atoms with Crippen LogP contribution in [0.15, 0.2) is 24.3 Å². The van der Waals surface area contributed by atoms with Crippen molar-refractivity contribution in [1.82, 2.24) is 0 Å². The molecule has 11 heteroatoms. The summed E-state index contributed by atoms with van der Waals surface area (Å²) >= 11 is 11.6. The first kappa shape index (κ1) is 19.4. The predicted molar refractivity (Wildman–Crippen MR) is 71.2 cm³/mol. The number of hydrogen-bond donors (Lipinski definition) is 1. The van der Waals surface area contributed by atoms with Gasteiger partial charge in [-0.25, -0.2) is 0 Å². The molecular weight excluding hydrogens is 551 g/mol. The number of fused-ring (bicyclic) bond motifs is 1. The molecule has 4 nitrogen and oxygen atoms in total. The van der Waals surface area contributed by atoms with E-state index in [4.69, 9.17) is 23.2 Å². The fourth-order valence-electron chi connectivity index (χ4n) is 1.53. The average Bonchev–Trinajstić information content (AvgIpc) is 2.35. The van der Waals surface area contributed by atoms with Crippen LogP contribution in [0.5, 0.6) is 11.5 Å². The molecule has 0 aliphatic rings. The Bertz CT molecular complexity index is 824. The molecule has 0 aromatic heterocycles. The van der Waals surface area contributed by atoms with Crippen molar-refractivity contribution in [3.63, 3.8) is 0 Å². The number of phenols is 1. The smallest absolute Gasteiger partial charge is 0.506 e. The van der Waals surface area contributed by atoms with Gasteiger partial charge in [0.2, 0.25) is 0 Å². The molecule has 0 spiro atoms. The largest absolute Gasteiger partial charge is 0.534 e. The number of phenolic OH excluding ortho intramolecular Hbond substituents is 1. The quantitative estimate of drug-likeness (QED) is 0.448. The van der Waals surface area contributed by atoms with Crippen molar-refractivity contribution in [2.24, 2.45) is 0 Å². The molecule has 0 fully saturated rings. The van der Waals surface area contributed by atoms with Crippen LogP contribution >= 0.6 is 23.2 Å². The third-order valence-electron chi connectivity index (χ3n) is 2.50. The van der Waals surface area contributed by atoms with Gasteiger partial charge in [0.15, 0.2) is 5.75 Å². The zero-order valence-corrected chi connectivity index (χ0v) is 14.7. The minimum atomic E-state index is -5.83. The topological polar surface area (TPSA) is 63.6 Å². The second kappa shape index (κ2) is 6.43. The molecule has 0 atom stereocenters. The maximum atomic E-state index is 12.3. The molecule has 124 valence electrons. The number of alkyl halides is 3. The van der Waals surface area contributed by atoms with E-state index in [0.29, 0.717) is 0 Å². The number of hydrogen-bond acceptors (Lipinski definition) is 4. The van der Waals surface area contributed by atoms with Gasteiger partial charge < -0.3 is 9.29 Å². The van der Waals surface area contributed by atoms with E-state index in [0.717, 1.165) is 6.07 Å². The summed E-state index contributed by atoms with van der Waals surface area (Å²) in [6, 6.07) is 4.54. The van der Waals surface area contributed by atoms with Crippen LogP contribution in [-0.4, -0.2) is 19.0 Å². The van der Waals surface area contributed by atoms with Crippen LogP contribution in [0.3, 0.4) is 0 Å². The molecule has 0 aliphatic heterocycles. The molecule has 1 N–H and O–H groups in total. The molecule has 0 saturated heterocycles. The van der Waals surface area contributed by atoms with E-state index in [1.807, 2.05) is 0 Å². The van der Waals surface area contributed by atoms with Gasteiger partial charge in [0.25, 0.3) is 0 Å². The molecule has 0 aliphatic carbocycles. The molecule has 2 aromatic rings. The summed E-state index contributed by atoms with van der Waals surface area (Å²) in [6.07, 6.45) is 0. The van der Waals surface area contributed by atoms with E-state index in [9.17, 15) is 26.7 Å². The van der Waals surface area contributed by atoms with E-state index in [1.54, 1.807) is 0 Å². The van der Waals surface area contributed by atoms with Crippen molar-refractivity contribution < 1.29 is 51.9 Å². The van der Waals surface area contributed by atoms with Gasteiger partial charge in [-0.1, -0.05) is 23.2 Å². The van der Waals surface area contributed by atoms with Gasteiger partial charge in [0.05, 0.1) is 10.0 Å². The van der Waals surface area contributed by atoms with Crippen molar-refractivity contribution >= 4 is 44.1 Å². The summed E-state index contributed by atoms with van der Waals surface area (Å²) < 4.78 is 62.7. The fourth-order valence-corrected chi connectivity index (χ4v) is 2.54. The van der Waals surface area contributed by atoms with E-state index in [1.165, 1.54) is 18.2 Å². The maximum Gasteiger partial charge on any atom is 0.534 e. The van der Waals surface area contributed by atoms with Crippen molar-refractivity contribution in [2.45, 2.75) is 5.51 Å².